The van der Waals surface area contributed by atoms with Crippen molar-refractivity contribution in [2.24, 2.45) is 17.8 Å². The number of hydrogen-bond donors (Lipinski definition) is 3. The zero-order valence-corrected chi connectivity index (χ0v) is 26.9. The smallest absolute Gasteiger partial charge is 0.311 e. The molecule has 8 nitrogen and oxygen atoms in total. The highest BCUT2D eigenvalue weighted by molar-refractivity contribution is 6.11. The molecular formula is C39H36F2N6O2. The Kier molecular flexibility index (Phi) is 8.86. The minimum absolute atomic E-state index is 0.0916. The van der Waals surface area contributed by atoms with Crippen molar-refractivity contribution < 1.29 is 18.3 Å². The standard InChI is InChI=1S/C39H36F2N6O2/c1-49-38(48)32-24-17-19-25(20-18-24)34(32)45-36-31(41)23-44-37(46-36)33(42)30-21-29(40)22-43-35(30)47-39(26-11-5-2-6-12-26,27-13-7-3-8-14-27)28-15-9-4-10-16-28/h2-16,21-25,32,34,42H,17-20H2,1H3,(H,43,47)(H,44,45,46). The van der Waals surface area contributed by atoms with E-state index in [0.29, 0.717) is 0 Å². The molecule has 8 rings (SSSR count). The van der Waals surface area contributed by atoms with Gasteiger partial charge in [-0.15, -0.1) is 0 Å². The van der Waals surface area contributed by atoms with Crippen molar-refractivity contribution in [2.75, 3.05) is 17.7 Å². The molecule has 248 valence electrons. The molecule has 5 aromatic rings. The van der Waals surface area contributed by atoms with Gasteiger partial charge in [0.1, 0.15) is 22.9 Å². The maximum absolute atomic E-state index is 15.3. The summed E-state index contributed by atoms with van der Waals surface area (Å²) in [6.45, 7) is 0. The lowest BCUT2D eigenvalue weighted by Crippen LogP contribution is -2.52. The summed E-state index contributed by atoms with van der Waals surface area (Å²) in [5, 5.41) is 16.0. The number of halogens is 2. The highest BCUT2D eigenvalue weighted by Gasteiger charge is 2.48. The molecule has 49 heavy (non-hydrogen) atoms. The number of aromatic nitrogens is 3. The molecule has 3 saturated carbocycles. The van der Waals surface area contributed by atoms with E-state index in [0.717, 1.165) is 54.8 Å². The van der Waals surface area contributed by atoms with Gasteiger partial charge in [0.05, 0.1) is 25.4 Å². The third-order valence-electron chi connectivity index (χ3n) is 10.0. The van der Waals surface area contributed by atoms with Crippen LogP contribution in [0.25, 0.3) is 0 Å². The van der Waals surface area contributed by atoms with Gasteiger partial charge in [-0.25, -0.2) is 23.7 Å². The van der Waals surface area contributed by atoms with Gasteiger partial charge in [0, 0.05) is 11.6 Å². The SMILES string of the molecule is COC(=O)C1C2CCC(CC2)C1Nc1nc(C(=N)c2cc(F)cnc2NC(c2ccccc2)(c2ccccc2)c2ccccc2)ncc1F. The summed E-state index contributed by atoms with van der Waals surface area (Å²) in [4.78, 5) is 25.9. The number of benzene rings is 3. The number of nitrogens with one attached hydrogen (secondary N) is 3. The first-order valence-electron chi connectivity index (χ1n) is 16.5. The van der Waals surface area contributed by atoms with Crippen LogP contribution in [0.15, 0.2) is 109 Å². The molecular weight excluding hydrogens is 622 g/mol. The van der Waals surface area contributed by atoms with Crippen molar-refractivity contribution in [3.05, 3.63) is 149 Å². The van der Waals surface area contributed by atoms with Crippen molar-refractivity contribution in [1.82, 2.24) is 15.0 Å². The Morgan fingerprint density at radius 1 is 0.796 bits per heavy atom. The summed E-state index contributed by atoms with van der Waals surface area (Å²) in [7, 11) is 1.37. The van der Waals surface area contributed by atoms with E-state index in [1.807, 2.05) is 91.0 Å². The Morgan fingerprint density at radius 2 is 1.35 bits per heavy atom. The van der Waals surface area contributed by atoms with E-state index in [4.69, 9.17) is 4.74 Å². The van der Waals surface area contributed by atoms with E-state index in [1.165, 1.54) is 13.2 Å². The summed E-state index contributed by atoms with van der Waals surface area (Å²) in [6.07, 6.45) is 5.76. The van der Waals surface area contributed by atoms with Gasteiger partial charge in [0.15, 0.2) is 17.5 Å². The molecule has 0 saturated heterocycles. The molecule has 3 N–H and O–H groups in total. The van der Waals surface area contributed by atoms with Crippen molar-refractivity contribution in [3.8, 4) is 0 Å². The van der Waals surface area contributed by atoms with Crippen LogP contribution in [-0.2, 0) is 15.1 Å². The van der Waals surface area contributed by atoms with Crippen molar-refractivity contribution >= 4 is 23.3 Å². The van der Waals surface area contributed by atoms with E-state index in [1.54, 1.807) is 0 Å². The number of nitrogens with zero attached hydrogens (tertiary/aromatic N) is 3. The van der Waals surface area contributed by atoms with Crippen LogP contribution in [0.4, 0.5) is 20.4 Å². The second-order valence-corrected chi connectivity index (χ2v) is 12.7. The number of hydrogen-bond acceptors (Lipinski definition) is 8. The molecule has 2 atom stereocenters. The van der Waals surface area contributed by atoms with Crippen LogP contribution in [0.1, 0.15) is 53.8 Å². The number of ether oxygens (including phenoxy) is 1. The second-order valence-electron chi connectivity index (χ2n) is 12.7. The van der Waals surface area contributed by atoms with Crippen LogP contribution in [-0.4, -0.2) is 39.8 Å². The molecule has 2 unspecified atom stereocenters. The van der Waals surface area contributed by atoms with Crippen molar-refractivity contribution in [2.45, 2.75) is 37.3 Å². The minimum atomic E-state index is -1.01. The van der Waals surface area contributed by atoms with Crippen molar-refractivity contribution in [3.63, 3.8) is 0 Å². The van der Waals surface area contributed by atoms with E-state index in [9.17, 15) is 14.6 Å². The molecule has 2 heterocycles. The van der Waals surface area contributed by atoms with Crippen molar-refractivity contribution in [1.29, 1.82) is 5.41 Å². The van der Waals surface area contributed by atoms with Crippen LogP contribution in [0.3, 0.4) is 0 Å². The summed E-state index contributed by atoms with van der Waals surface area (Å²) >= 11 is 0. The monoisotopic (exact) mass is 658 g/mol. The van der Waals surface area contributed by atoms with Gasteiger partial charge in [-0.2, -0.15) is 0 Å². The Labute approximate surface area is 283 Å². The van der Waals surface area contributed by atoms with Crippen LogP contribution in [0.5, 0.6) is 0 Å². The van der Waals surface area contributed by atoms with E-state index < -0.39 is 23.1 Å². The topological polar surface area (TPSA) is 113 Å². The third kappa shape index (κ3) is 6.03. The second kappa shape index (κ2) is 13.5. The maximum atomic E-state index is 15.3. The lowest BCUT2D eigenvalue weighted by molar-refractivity contribution is -0.152. The van der Waals surface area contributed by atoms with Crippen LogP contribution in [0.2, 0.25) is 0 Å². The molecule has 0 aliphatic heterocycles. The quantitative estimate of drug-likeness (QED) is 0.0817. The van der Waals surface area contributed by atoms with E-state index in [2.05, 4.69) is 25.6 Å². The Morgan fingerprint density at radius 3 is 1.90 bits per heavy atom. The zero-order chi connectivity index (χ0) is 34.0. The first-order valence-corrected chi connectivity index (χ1v) is 16.5. The molecule has 3 aliphatic rings. The van der Waals surface area contributed by atoms with E-state index in [-0.39, 0.29) is 52.6 Å². The molecule has 10 heteroatoms. The third-order valence-corrected chi connectivity index (χ3v) is 10.0. The van der Waals surface area contributed by atoms with Crippen LogP contribution >= 0.6 is 0 Å². The molecule has 3 fully saturated rings. The number of rotatable bonds is 10. The largest absolute Gasteiger partial charge is 0.469 e. The van der Waals surface area contributed by atoms with Gasteiger partial charge >= 0.3 is 5.97 Å². The maximum Gasteiger partial charge on any atom is 0.311 e. The lowest BCUT2D eigenvalue weighted by Gasteiger charge is -2.47. The van der Waals surface area contributed by atoms with Crippen LogP contribution < -0.4 is 10.6 Å². The number of fused-ring (bicyclic) bond motifs is 3. The molecule has 0 spiro atoms. The van der Waals surface area contributed by atoms with Gasteiger partial charge in [0.25, 0.3) is 0 Å². The van der Waals surface area contributed by atoms with Gasteiger partial charge in [-0.1, -0.05) is 91.0 Å². The summed E-state index contributed by atoms with van der Waals surface area (Å²) in [6, 6.07) is 30.3. The number of carbonyl (C=O) groups excluding carboxylic acids is 1. The summed E-state index contributed by atoms with van der Waals surface area (Å²) < 4.78 is 35.4. The average molecular weight is 659 g/mol. The van der Waals surface area contributed by atoms with Gasteiger partial charge in [-0.05, 0) is 60.3 Å². The average Bonchev–Trinajstić information content (AvgIpc) is 3.16. The number of pyridine rings is 1. The Bertz CT molecular complexity index is 1860. The number of esters is 1. The fourth-order valence-corrected chi connectivity index (χ4v) is 7.69. The predicted octanol–water partition coefficient (Wildman–Crippen LogP) is 7.36. The van der Waals surface area contributed by atoms with Gasteiger partial charge in [-0.3, -0.25) is 10.2 Å². The lowest BCUT2D eigenvalue weighted by atomic mass is 9.61. The van der Waals surface area contributed by atoms with Gasteiger partial charge < -0.3 is 15.4 Å². The fraction of sp³-hybridized carbons (Fsp3) is 0.256. The van der Waals surface area contributed by atoms with Gasteiger partial charge in [0.2, 0.25) is 0 Å². The molecule has 2 aromatic heterocycles. The number of anilines is 2. The molecule has 0 radical (unpaired) electrons. The predicted molar refractivity (Wildman–Crippen MR) is 183 cm³/mol. The Hall–Kier alpha value is -5.51. The minimum Gasteiger partial charge on any atom is -0.469 e. The highest BCUT2D eigenvalue weighted by Crippen LogP contribution is 2.47. The molecule has 3 aromatic carbocycles. The zero-order valence-electron chi connectivity index (χ0n) is 26.9. The first kappa shape index (κ1) is 32.1. The first-order chi connectivity index (χ1) is 23.9. The Balaban J connectivity index is 1.30. The fourth-order valence-electron chi connectivity index (χ4n) is 7.69. The molecule has 0 amide bonds. The number of methoxy groups -OCH3 is 1. The normalized spacial score (nSPS) is 20.0. The van der Waals surface area contributed by atoms with E-state index >= 15 is 4.39 Å². The summed E-state index contributed by atoms with van der Waals surface area (Å²) in [5.74, 6) is -1.87. The summed E-state index contributed by atoms with van der Waals surface area (Å²) in [5.41, 5.74) is 1.50. The number of carbonyl (C=O) groups is 1. The van der Waals surface area contributed by atoms with Crippen LogP contribution in [0, 0.1) is 34.8 Å². The molecule has 2 bridgehead atoms. The highest BCUT2D eigenvalue weighted by atomic mass is 19.1. The molecule has 3 aliphatic carbocycles.